The summed E-state index contributed by atoms with van der Waals surface area (Å²) in [5.41, 5.74) is 11.5. The second-order valence-corrected chi connectivity index (χ2v) is 13.2. The highest BCUT2D eigenvalue weighted by molar-refractivity contribution is 5.87. The monoisotopic (exact) mass is 655 g/mol. The van der Waals surface area contributed by atoms with Crippen molar-refractivity contribution in [2.45, 2.75) is 64.3 Å². The van der Waals surface area contributed by atoms with Gasteiger partial charge in [0.05, 0.1) is 35.9 Å². The van der Waals surface area contributed by atoms with Gasteiger partial charge in [0.25, 0.3) is 5.91 Å². The molecule has 10 nitrogen and oxygen atoms in total. The molecule has 0 unspecified atom stereocenters. The van der Waals surface area contributed by atoms with E-state index in [1.165, 1.54) is 0 Å². The van der Waals surface area contributed by atoms with E-state index in [0.717, 1.165) is 52.3 Å². The summed E-state index contributed by atoms with van der Waals surface area (Å²) in [5.74, 6) is 7.74. The lowest BCUT2D eigenvalue weighted by molar-refractivity contribution is -0.134. The number of nitrogens with one attached hydrogen (secondary N) is 3. The number of hydrogen-bond acceptors (Lipinski definition) is 6. The molecule has 1 fully saturated rings. The third kappa shape index (κ3) is 8.08. The molecule has 250 valence electrons. The van der Waals surface area contributed by atoms with Gasteiger partial charge in [-0.05, 0) is 81.5 Å². The molecule has 2 aromatic heterocycles. The quantitative estimate of drug-likeness (QED) is 0.142. The van der Waals surface area contributed by atoms with Crippen molar-refractivity contribution in [3.05, 3.63) is 120 Å². The Labute approximate surface area is 286 Å². The van der Waals surface area contributed by atoms with Crippen LogP contribution in [0.5, 0.6) is 0 Å². The topological polar surface area (TPSA) is 142 Å². The van der Waals surface area contributed by atoms with E-state index >= 15 is 0 Å². The van der Waals surface area contributed by atoms with E-state index in [4.69, 9.17) is 10.5 Å². The molecular formula is C39H41N7O3. The number of aromatic amines is 2. The van der Waals surface area contributed by atoms with Gasteiger partial charge in [-0.3, -0.25) is 4.79 Å². The summed E-state index contributed by atoms with van der Waals surface area (Å²) in [5, 5.41) is 2.81. The van der Waals surface area contributed by atoms with Crippen LogP contribution >= 0.6 is 0 Å². The van der Waals surface area contributed by atoms with Gasteiger partial charge in [-0.15, -0.1) is 0 Å². The van der Waals surface area contributed by atoms with Crippen LogP contribution in [0.2, 0.25) is 0 Å². The van der Waals surface area contributed by atoms with E-state index in [0.29, 0.717) is 17.9 Å². The van der Waals surface area contributed by atoms with Crippen LogP contribution in [0.4, 0.5) is 4.79 Å². The highest BCUT2D eigenvalue weighted by atomic mass is 16.6. The van der Waals surface area contributed by atoms with Crippen molar-refractivity contribution in [2.75, 3.05) is 6.54 Å². The summed E-state index contributed by atoms with van der Waals surface area (Å²) in [6.45, 7) is 7.83. The number of carbonyl (C=O) groups is 2. The maximum atomic E-state index is 14.0. The lowest BCUT2D eigenvalue weighted by Gasteiger charge is -2.29. The van der Waals surface area contributed by atoms with Crippen LogP contribution < -0.4 is 11.1 Å². The molecule has 3 heterocycles. The number of nitrogens with zero attached hydrogens (tertiary/aromatic N) is 3. The molecular weight excluding hydrogens is 614 g/mol. The second-order valence-electron chi connectivity index (χ2n) is 13.2. The van der Waals surface area contributed by atoms with Gasteiger partial charge in [0.1, 0.15) is 23.3 Å². The highest BCUT2D eigenvalue weighted by Gasteiger charge is 2.37. The first kappa shape index (κ1) is 33.2. The van der Waals surface area contributed by atoms with Crippen molar-refractivity contribution in [1.29, 1.82) is 0 Å². The molecule has 1 aliphatic rings. The zero-order valence-corrected chi connectivity index (χ0v) is 28.2. The van der Waals surface area contributed by atoms with Gasteiger partial charge in [0.2, 0.25) is 0 Å². The Bertz CT molecular complexity index is 1960. The van der Waals surface area contributed by atoms with Crippen molar-refractivity contribution >= 4 is 12.0 Å². The Kier molecular flexibility index (Phi) is 9.65. The number of nitrogens with two attached hydrogens (primary N) is 1. The van der Waals surface area contributed by atoms with Gasteiger partial charge in [-0.1, -0.05) is 66.4 Å². The molecule has 0 spiro atoms. The average molecular weight is 656 g/mol. The number of hydrogen-bond donors (Lipinski definition) is 4. The van der Waals surface area contributed by atoms with E-state index in [9.17, 15) is 9.59 Å². The van der Waals surface area contributed by atoms with Gasteiger partial charge in [0.15, 0.2) is 0 Å². The van der Waals surface area contributed by atoms with Crippen LogP contribution in [0.1, 0.15) is 87.0 Å². The molecule has 0 saturated carbocycles. The zero-order chi connectivity index (χ0) is 34.5. The van der Waals surface area contributed by atoms with Gasteiger partial charge in [0, 0.05) is 17.7 Å². The van der Waals surface area contributed by atoms with E-state index < -0.39 is 17.7 Å². The van der Waals surface area contributed by atoms with Crippen molar-refractivity contribution in [1.82, 2.24) is 30.2 Å². The van der Waals surface area contributed by atoms with Crippen LogP contribution in [0.25, 0.3) is 22.5 Å². The molecule has 0 radical (unpaired) electrons. The highest BCUT2D eigenvalue weighted by Crippen LogP contribution is 2.34. The Hall–Kier alpha value is -5.66. The first-order valence-electron chi connectivity index (χ1n) is 16.5. The smallest absolute Gasteiger partial charge is 0.408 e. The number of benzene rings is 3. The standard InChI is InChI=1S/C39H41N7O3/c1-25(40)35-41-23-31(43-35)28-18-14-26(15-19-28)12-13-27-16-20-29(21-17-27)32-24-42-36(44-32)33-11-8-22-46(33)37(47)34(30-9-6-5-7-10-30)45-38(48)49-39(2,3)4/h5-7,9-10,14-21,23-25,33-34H,8,11,22,40H2,1-4H3,(H,41,43)(H,42,44)(H,45,48)/t25-,33-,34+/m0/s1. The number of ether oxygens (including phenoxy) is 1. The molecule has 5 aromatic rings. The number of likely N-dealkylation sites (tertiary alicyclic amines) is 1. The molecule has 0 bridgehead atoms. The fourth-order valence-electron chi connectivity index (χ4n) is 5.82. The SMILES string of the molecule is C[C@H](N)c1ncc(-c2ccc(C#Cc3ccc(-c4cnc([C@@H]5CCCN5C(=O)[C@H](NC(=O)OC(C)(C)C)c5ccccc5)[nH]4)cc3)cc2)[nH]1. The fraction of sp³-hybridized carbons (Fsp3) is 0.282. The summed E-state index contributed by atoms with van der Waals surface area (Å²) in [6.07, 6.45) is 4.54. The molecule has 1 aliphatic heterocycles. The molecule has 49 heavy (non-hydrogen) atoms. The lowest BCUT2D eigenvalue weighted by atomic mass is 10.0. The summed E-state index contributed by atoms with van der Waals surface area (Å²) in [6, 6.07) is 23.9. The first-order chi connectivity index (χ1) is 23.5. The number of aromatic nitrogens is 4. The second kappa shape index (κ2) is 14.2. The maximum Gasteiger partial charge on any atom is 0.408 e. The van der Waals surface area contributed by atoms with Crippen molar-refractivity contribution in [3.63, 3.8) is 0 Å². The lowest BCUT2D eigenvalue weighted by Crippen LogP contribution is -2.44. The van der Waals surface area contributed by atoms with E-state index in [1.807, 2.05) is 85.8 Å². The van der Waals surface area contributed by atoms with Crippen LogP contribution in [-0.2, 0) is 9.53 Å². The van der Waals surface area contributed by atoms with Crippen molar-refractivity contribution < 1.29 is 14.3 Å². The van der Waals surface area contributed by atoms with Crippen molar-refractivity contribution in [2.24, 2.45) is 5.73 Å². The number of rotatable bonds is 7. The first-order valence-corrected chi connectivity index (χ1v) is 16.5. The number of alkyl carbamates (subject to hydrolysis) is 1. The number of amides is 2. The third-order valence-electron chi connectivity index (χ3n) is 8.26. The molecule has 10 heteroatoms. The Morgan fingerprint density at radius 1 is 0.898 bits per heavy atom. The Morgan fingerprint density at radius 3 is 2.06 bits per heavy atom. The predicted molar refractivity (Wildman–Crippen MR) is 189 cm³/mol. The molecule has 1 saturated heterocycles. The normalized spacial score (nSPS) is 15.6. The van der Waals surface area contributed by atoms with Crippen LogP contribution in [0, 0.1) is 11.8 Å². The number of H-pyrrole nitrogens is 2. The average Bonchev–Trinajstić information content (AvgIpc) is 3.88. The van der Waals surface area contributed by atoms with Gasteiger partial charge in [-0.2, -0.15) is 0 Å². The number of carbonyl (C=O) groups excluding carboxylic acids is 2. The summed E-state index contributed by atoms with van der Waals surface area (Å²) in [4.78, 5) is 44.3. The van der Waals surface area contributed by atoms with Gasteiger partial charge in [-0.25, -0.2) is 14.8 Å². The minimum atomic E-state index is -0.887. The summed E-state index contributed by atoms with van der Waals surface area (Å²) in [7, 11) is 0. The number of imidazole rings is 2. The Balaban J connectivity index is 1.13. The molecule has 3 aromatic carbocycles. The van der Waals surface area contributed by atoms with E-state index in [-0.39, 0.29) is 18.0 Å². The summed E-state index contributed by atoms with van der Waals surface area (Å²) < 4.78 is 5.48. The zero-order valence-electron chi connectivity index (χ0n) is 28.2. The van der Waals surface area contributed by atoms with Crippen LogP contribution in [-0.4, -0.2) is 49.0 Å². The predicted octanol–water partition coefficient (Wildman–Crippen LogP) is 6.82. The fourth-order valence-corrected chi connectivity index (χ4v) is 5.82. The third-order valence-corrected chi connectivity index (χ3v) is 8.26. The molecule has 0 aliphatic carbocycles. The summed E-state index contributed by atoms with van der Waals surface area (Å²) >= 11 is 0. The largest absolute Gasteiger partial charge is 0.444 e. The van der Waals surface area contributed by atoms with Crippen LogP contribution in [0.3, 0.4) is 0 Å². The minimum Gasteiger partial charge on any atom is -0.444 e. The van der Waals surface area contributed by atoms with E-state index in [1.54, 1.807) is 38.1 Å². The van der Waals surface area contributed by atoms with Crippen molar-refractivity contribution in [3.8, 4) is 34.4 Å². The van der Waals surface area contributed by atoms with Crippen LogP contribution in [0.15, 0.2) is 91.3 Å². The van der Waals surface area contributed by atoms with E-state index in [2.05, 4.69) is 37.1 Å². The molecule has 5 N–H and O–H groups in total. The van der Waals surface area contributed by atoms with Gasteiger partial charge >= 0.3 is 6.09 Å². The minimum absolute atomic E-state index is 0.150. The van der Waals surface area contributed by atoms with Gasteiger partial charge < -0.3 is 30.7 Å². The Morgan fingerprint density at radius 2 is 1.49 bits per heavy atom. The molecule has 2 amide bonds. The molecule has 3 atom stereocenters. The molecule has 6 rings (SSSR count). The maximum absolute atomic E-state index is 14.0.